The van der Waals surface area contributed by atoms with Gasteiger partial charge in [0.2, 0.25) is 12.7 Å². The number of nitrogens with zero attached hydrogens (tertiary/aromatic N) is 4. The Labute approximate surface area is 170 Å². The van der Waals surface area contributed by atoms with Crippen LogP contribution in [-0.4, -0.2) is 21.1 Å². The van der Waals surface area contributed by atoms with Gasteiger partial charge in [-0.3, -0.25) is 11.5 Å². The molecule has 0 saturated carbocycles. The van der Waals surface area contributed by atoms with Crippen molar-refractivity contribution in [3.8, 4) is 0 Å². The van der Waals surface area contributed by atoms with E-state index in [1.54, 1.807) is 60.7 Å². The van der Waals surface area contributed by atoms with Crippen LogP contribution in [0.3, 0.4) is 0 Å². The van der Waals surface area contributed by atoms with Crippen LogP contribution >= 0.6 is 0 Å². The van der Waals surface area contributed by atoms with Crippen molar-refractivity contribution in [1.82, 2.24) is 9.13 Å². The van der Waals surface area contributed by atoms with E-state index in [2.05, 4.69) is 0 Å². The summed E-state index contributed by atoms with van der Waals surface area (Å²) in [7, 11) is 3.55. The van der Waals surface area contributed by atoms with Crippen LogP contribution in [0.5, 0.6) is 0 Å². The van der Waals surface area contributed by atoms with Crippen LogP contribution in [0.1, 0.15) is 12.3 Å². The van der Waals surface area contributed by atoms with E-state index in [0.29, 0.717) is 0 Å². The summed E-state index contributed by atoms with van der Waals surface area (Å²) < 4.78 is 6.11. The van der Waals surface area contributed by atoms with Gasteiger partial charge in [-0.25, -0.2) is 18.3 Å². The molecule has 144 valence electrons. The number of rotatable bonds is 4. The molecule has 2 heterocycles. The second-order valence-electron chi connectivity index (χ2n) is 4.58. The fraction of sp³-hybridized carbons (Fsp3) is 0.333. The third-order valence-corrected chi connectivity index (χ3v) is 2.70. The molecule has 2 atom stereocenters. The molecule has 0 aliphatic rings. The van der Waals surface area contributed by atoms with E-state index in [0.717, 1.165) is 0 Å². The minimum atomic E-state index is -1.29. The van der Waals surface area contributed by atoms with Crippen molar-refractivity contribution in [2.75, 3.05) is 0 Å². The first-order valence-electron chi connectivity index (χ1n) is 6.20. The Morgan fingerprint density at radius 3 is 1.32 bits per heavy atom. The van der Waals surface area contributed by atoms with E-state index in [1.807, 2.05) is 0 Å². The molecule has 2 unspecified atom stereocenters. The first kappa shape index (κ1) is 28.3. The molecule has 13 heteroatoms. The summed E-state index contributed by atoms with van der Waals surface area (Å²) in [6.45, 7) is 0. The van der Waals surface area contributed by atoms with Crippen LogP contribution in [0.25, 0.3) is 0 Å². The van der Waals surface area contributed by atoms with Crippen LogP contribution in [-0.2, 0) is 44.1 Å². The van der Waals surface area contributed by atoms with Gasteiger partial charge in [-0.05, 0) is 0 Å². The average Bonchev–Trinajstić information content (AvgIpc) is 3.06. The fourth-order valence-electron chi connectivity index (χ4n) is 1.51. The van der Waals surface area contributed by atoms with Gasteiger partial charge in [-0.2, -0.15) is 0 Å². The van der Waals surface area contributed by atoms with E-state index in [1.165, 1.54) is 9.13 Å². The molecule has 0 aliphatic heterocycles. The molecule has 0 aromatic carbocycles. The molecule has 0 amide bonds. The molecule has 2 rings (SSSR count). The summed E-state index contributed by atoms with van der Waals surface area (Å²) in [5, 5.41) is 20.5. The summed E-state index contributed by atoms with van der Waals surface area (Å²) in [5.74, 6) is -2.58. The SMILES string of the molecule is C[n+]1ccn(C(N)C(=O)[O-])c1.C[n+]1ccn(C(N)C(=O)[O-])c1.[Cl-].[Cl-].[Pd+2]. The summed E-state index contributed by atoms with van der Waals surface area (Å²) in [6.07, 6.45) is 7.47. The molecular weight excluding hydrogens is 469 g/mol. The Bertz CT molecular complexity index is 609. The zero-order valence-electron chi connectivity index (χ0n) is 13.3. The summed E-state index contributed by atoms with van der Waals surface area (Å²) in [4.78, 5) is 20.5. The van der Waals surface area contributed by atoms with Crippen molar-refractivity contribution in [3.05, 3.63) is 37.4 Å². The number of hydrogen-bond donors (Lipinski definition) is 2. The van der Waals surface area contributed by atoms with Gasteiger partial charge in [0.1, 0.15) is 36.7 Å². The van der Waals surface area contributed by atoms with Crippen LogP contribution in [0.15, 0.2) is 37.4 Å². The van der Waals surface area contributed by atoms with Gasteiger partial charge >= 0.3 is 20.4 Å². The third kappa shape index (κ3) is 8.97. The molecular formula is C12H18Cl2N6O4Pd. The normalized spacial score (nSPS) is 11.4. The molecule has 0 saturated heterocycles. The van der Waals surface area contributed by atoms with E-state index >= 15 is 0 Å². The predicted molar refractivity (Wildman–Crippen MR) is 67.7 cm³/mol. The van der Waals surface area contributed by atoms with Gasteiger partial charge in [-0.15, -0.1) is 0 Å². The number of carboxylic acids is 2. The Balaban J connectivity index is -0.000000346. The monoisotopic (exact) mass is 486 g/mol. The van der Waals surface area contributed by atoms with E-state index in [9.17, 15) is 19.8 Å². The Morgan fingerprint density at radius 2 is 1.16 bits per heavy atom. The van der Waals surface area contributed by atoms with E-state index in [4.69, 9.17) is 11.5 Å². The molecule has 0 fully saturated rings. The molecule has 0 radical (unpaired) electrons. The Hall–Kier alpha value is -1.48. The van der Waals surface area contributed by atoms with E-state index < -0.39 is 24.3 Å². The molecule has 0 aliphatic carbocycles. The maximum Gasteiger partial charge on any atom is 2.00 e. The zero-order chi connectivity index (χ0) is 16.9. The molecule has 2 aromatic heterocycles. The van der Waals surface area contributed by atoms with Crippen LogP contribution in [0.4, 0.5) is 0 Å². The second kappa shape index (κ2) is 12.8. The van der Waals surface area contributed by atoms with Gasteiger partial charge in [-0.1, -0.05) is 0 Å². The average molecular weight is 488 g/mol. The maximum absolute atomic E-state index is 10.2. The topological polar surface area (TPSA) is 150 Å². The number of carboxylic acid groups (broad SMARTS) is 2. The summed E-state index contributed by atoms with van der Waals surface area (Å²) >= 11 is 0. The number of hydrogen-bond acceptors (Lipinski definition) is 6. The van der Waals surface area contributed by atoms with Gasteiger partial charge in [0.05, 0.1) is 14.1 Å². The van der Waals surface area contributed by atoms with Gasteiger partial charge in [0.15, 0.2) is 12.3 Å². The molecule has 2 aromatic rings. The van der Waals surface area contributed by atoms with Crippen molar-refractivity contribution in [2.24, 2.45) is 25.6 Å². The minimum absolute atomic E-state index is 0. The largest absolute Gasteiger partial charge is 2.00 e. The number of imidazole rings is 2. The minimum Gasteiger partial charge on any atom is -1.00 e. The molecule has 4 N–H and O–H groups in total. The van der Waals surface area contributed by atoms with Crippen LogP contribution < -0.4 is 55.6 Å². The number of aliphatic carboxylic acids is 2. The van der Waals surface area contributed by atoms with Crippen molar-refractivity contribution in [2.45, 2.75) is 12.3 Å². The van der Waals surface area contributed by atoms with Gasteiger partial charge in [0.25, 0.3) is 0 Å². The quantitative estimate of drug-likeness (QED) is 0.323. The predicted octanol–water partition coefficient (Wildman–Crippen LogP) is -11.0. The number of carbonyl (C=O) groups excluding carboxylic acids is 2. The fourth-order valence-corrected chi connectivity index (χ4v) is 1.51. The van der Waals surface area contributed by atoms with E-state index in [-0.39, 0.29) is 45.2 Å². The number of nitrogens with two attached hydrogens (primary N) is 2. The summed E-state index contributed by atoms with van der Waals surface area (Å²) in [5.41, 5.74) is 10.5. The first-order valence-corrected chi connectivity index (χ1v) is 6.20. The van der Waals surface area contributed by atoms with Crippen molar-refractivity contribution in [1.29, 1.82) is 0 Å². The number of carbonyl (C=O) groups is 2. The molecule has 0 bridgehead atoms. The number of halogens is 2. The molecule has 25 heavy (non-hydrogen) atoms. The molecule has 0 spiro atoms. The summed E-state index contributed by atoms with van der Waals surface area (Å²) in [6, 6.07) is 0. The van der Waals surface area contributed by atoms with Crippen molar-refractivity contribution >= 4 is 11.9 Å². The van der Waals surface area contributed by atoms with Gasteiger partial charge in [0, 0.05) is 0 Å². The zero-order valence-corrected chi connectivity index (χ0v) is 16.3. The third-order valence-electron chi connectivity index (χ3n) is 2.70. The van der Waals surface area contributed by atoms with Crippen LogP contribution in [0, 0.1) is 0 Å². The maximum atomic E-state index is 10.2. The van der Waals surface area contributed by atoms with Gasteiger partial charge < -0.3 is 44.6 Å². The number of aryl methyl sites for hydroxylation is 2. The van der Waals surface area contributed by atoms with Crippen molar-refractivity contribution in [3.63, 3.8) is 0 Å². The molecule has 10 nitrogen and oxygen atoms in total. The van der Waals surface area contributed by atoms with Crippen LogP contribution in [0.2, 0.25) is 0 Å². The Kier molecular flexibility index (Phi) is 14.5. The second-order valence-corrected chi connectivity index (χ2v) is 4.58. The smallest absolute Gasteiger partial charge is 1.00 e. The first-order chi connectivity index (χ1) is 10.2. The number of aromatic nitrogens is 4. The Morgan fingerprint density at radius 1 is 0.880 bits per heavy atom. The standard InChI is InChI=1S/2C6H9N3O2.2ClH.Pd/c2*1-8-2-3-9(4-8)5(7)6(10)11;;;/h2*2-5H,7H2,1H3;2*1H;/q;;;;+2/p-2. The van der Waals surface area contributed by atoms with Crippen molar-refractivity contribution < 1.29 is 74.2 Å².